The topological polar surface area (TPSA) is 128 Å². The molecule has 0 saturated carbocycles. The molecular weight excluding hydrogens is 577 g/mol. The number of hydrogen-bond acceptors (Lipinski definition) is 7. The molecule has 0 saturated heterocycles. The predicted molar refractivity (Wildman–Crippen MR) is 166 cm³/mol. The van der Waals surface area contributed by atoms with Crippen molar-refractivity contribution in [3.05, 3.63) is 101 Å². The molecule has 2 heterocycles. The van der Waals surface area contributed by atoms with Crippen molar-refractivity contribution in [1.29, 1.82) is 0 Å². The standard InChI is InChI=1S/C31H27Cl2N5O4/c1-5-24(39)28-19(18-10-13-25(35-15-18)37-26(40)6-2)11-12-23-29(28)30(38(4)27(41)14-34)31(17(3)36-23)42-16-20-21(32)8-7-9-22(20)33/h5-13,15H,1-2,14,16,34H2,3-4H3,(H,35,37,40). The molecule has 3 N–H and O–H groups in total. The zero-order valence-electron chi connectivity index (χ0n) is 22.9. The first kappa shape index (κ1) is 30.4. The van der Waals surface area contributed by atoms with Crippen LogP contribution in [0.5, 0.6) is 5.75 Å². The summed E-state index contributed by atoms with van der Waals surface area (Å²) in [6.45, 7) is 8.54. The number of ketones is 1. The number of pyridine rings is 2. The summed E-state index contributed by atoms with van der Waals surface area (Å²) >= 11 is 12.8. The molecule has 2 amide bonds. The Hall–Kier alpha value is -4.57. The molecule has 0 fully saturated rings. The SMILES string of the molecule is C=CC(=O)Nc1ccc(-c2ccc3nc(C)c(OCc4c(Cl)cccc4Cl)c(N(C)C(=O)CN)c3c2C(=O)C=C)cn1. The molecule has 4 aromatic rings. The third-order valence-corrected chi connectivity index (χ3v) is 7.21. The van der Waals surface area contributed by atoms with Gasteiger partial charge in [-0.25, -0.2) is 9.97 Å². The van der Waals surface area contributed by atoms with Crippen molar-refractivity contribution in [2.75, 3.05) is 23.8 Å². The largest absolute Gasteiger partial charge is 0.485 e. The summed E-state index contributed by atoms with van der Waals surface area (Å²) in [4.78, 5) is 48.5. The van der Waals surface area contributed by atoms with Gasteiger partial charge in [0.25, 0.3) is 0 Å². The van der Waals surface area contributed by atoms with Gasteiger partial charge in [0.15, 0.2) is 11.5 Å². The maximum atomic E-state index is 13.5. The van der Waals surface area contributed by atoms with E-state index in [2.05, 4.69) is 23.5 Å². The van der Waals surface area contributed by atoms with E-state index in [4.69, 9.17) is 38.7 Å². The molecule has 2 aromatic carbocycles. The number of aryl methyl sites for hydroxylation is 1. The molecule has 0 aliphatic carbocycles. The number of amides is 2. The minimum atomic E-state index is -0.422. The molecule has 4 rings (SSSR count). The van der Waals surface area contributed by atoms with Crippen LogP contribution in [0.3, 0.4) is 0 Å². The minimum absolute atomic E-state index is 0.0313. The van der Waals surface area contributed by atoms with Gasteiger partial charge in [-0.1, -0.05) is 48.5 Å². The number of aromatic nitrogens is 2. The maximum Gasteiger partial charge on any atom is 0.248 e. The highest BCUT2D eigenvalue weighted by Gasteiger charge is 2.27. The quantitative estimate of drug-likeness (QED) is 0.170. The second kappa shape index (κ2) is 12.9. The molecule has 214 valence electrons. The van der Waals surface area contributed by atoms with Crippen molar-refractivity contribution in [3.63, 3.8) is 0 Å². The molecule has 11 heteroatoms. The smallest absolute Gasteiger partial charge is 0.248 e. The molecule has 0 unspecified atom stereocenters. The predicted octanol–water partition coefficient (Wildman–Crippen LogP) is 5.91. The van der Waals surface area contributed by atoms with Gasteiger partial charge in [0.2, 0.25) is 11.8 Å². The monoisotopic (exact) mass is 603 g/mol. The number of fused-ring (bicyclic) bond motifs is 1. The van der Waals surface area contributed by atoms with Crippen LogP contribution in [0.2, 0.25) is 10.0 Å². The van der Waals surface area contributed by atoms with Gasteiger partial charge < -0.3 is 20.7 Å². The lowest BCUT2D eigenvalue weighted by Crippen LogP contribution is -2.33. The first-order valence-electron chi connectivity index (χ1n) is 12.7. The number of carbonyl (C=O) groups is 3. The van der Waals surface area contributed by atoms with E-state index in [1.807, 2.05) is 0 Å². The number of halogens is 2. The fraction of sp³-hybridized carbons (Fsp3) is 0.129. The molecule has 0 aliphatic heterocycles. The molecular formula is C31H27Cl2N5O4. The van der Waals surface area contributed by atoms with Gasteiger partial charge >= 0.3 is 0 Å². The van der Waals surface area contributed by atoms with Crippen LogP contribution in [-0.4, -0.2) is 41.2 Å². The van der Waals surface area contributed by atoms with Gasteiger partial charge in [-0.05, 0) is 55.0 Å². The lowest BCUT2D eigenvalue weighted by molar-refractivity contribution is -0.117. The van der Waals surface area contributed by atoms with E-state index in [0.717, 1.165) is 6.08 Å². The van der Waals surface area contributed by atoms with E-state index in [9.17, 15) is 14.4 Å². The van der Waals surface area contributed by atoms with E-state index >= 15 is 0 Å². The summed E-state index contributed by atoms with van der Waals surface area (Å²) in [6.07, 6.45) is 3.84. The Balaban J connectivity index is 1.99. The van der Waals surface area contributed by atoms with Gasteiger partial charge in [-0.2, -0.15) is 0 Å². The van der Waals surface area contributed by atoms with Gasteiger partial charge in [-0.15, -0.1) is 0 Å². The van der Waals surface area contributed by atoms with Crippen LogP contribution in [0.25, 0.3) is 22.0 Å². The Bertz CT molecular complexity index is 1720. The Morgan fingerprint density at radius 3 is 2.38 bits per heavy atom. The number of anilines is 2. The van der Waals surface area contributed by atoms with Crippen LogP contribution in [0.1, 0.15) is 21.6 Å². The second-order valence-corrected chi connectivity index (χ2v) is 9.91. The Kier molecular flexibility index (Phi) is 9.37. The average molecular weight is 604 g/mol. The van der Waals surface area contributed by atoms with Crippen LogP contribution in [0.4, 0.5) is 11.5 Å². The van der Waals surface area contributed by atoms with E-state index in [0.29, 0.717) is 54.8 Å². The summed E-state index contributed by atoms with van der Waals surface area (Å²) < 4.78 is 6.25. The van der Waals surface area contributed by atoms with Crippen molar-refractivity contribution in [3.8, 4) is 16.9 Å². The molecule has 9 nitrogen and oxygen atoms in total. The Labute approximate surface area is 252 Å². The average Bonchev–Trinajstić information content (AvgIpc) is 2.99. The van der Waals surface area contributed by atoms with Crippen molar-refractivity contribution in [2.45, 2.75) is 13.5 Å². The highest BCUT2D eigenvalue weighted by Crippen LogP contribution is 2.43. The number of likely N-dealkylation sites (N-methyl/N-ethyl adjacent to an activating group) is 1. The Morgan fingerprint density at radius 2 is 1.79 bits per heavy atom. The number of benzene rings is 2. The first-order chi connectivity index (χ1) is 20.1. The number of ether oxygens (including phenoxy) is 1. The number of rotatable bonds is 10. The molecule has 0 spiro atoms. The summed E-state index contributed by atoms with van der Waals surface area (Å²) in [5, 5.41) is 3.76. The molecule has 0 aliphatic rings. The highest BCUT2D eigenvalue weighted by atomic mass is 35.5. The lowest BCUT2D eigenvalue weighted by Gasteiger charge is -2.25. The van der Waals surface area contributed by atoms with Crippen LogP contribution >= 0.6 is 23.2 Å². The number of nitrogens with zero attached hydrogens (tertiary/aromatic N) is 3. The number of hydrogen-bond donors (Lipinski definition) is 2. The van der Waals surface area contributed by atoms with Crippen LogP contribution in [-0.2, 0) is 16.2 Å². The molecule has 0 radical (unpaired) electrons. The maximum absolute atomic E-state index is 13.5. The van der Waals surface area contributed by atoms with Crippen LogP contribution in [0, 0.1) is 6.92 Å². The Morgan fingerprint density at radius 1 is 1.07 bits per heavy atom. The third-order valence-electron chi connectivity index (χ3n) is 6.50. The normalized spacial score (nSPS) is 10.7. The summed E-state index contributed by atoms with van der Waals surface area (Å²) in [6, 6.07) is 11.9. The van der Waals surface area contributed by atoms with Crippen LogP contribution < -0.4 is 20.7 Å². The fourth-order valence-electron chi connectivity index (χ4n) is 4.41. The van der Waals surface area contributed by atoms with Gasteiger partial charge in [-0.3, -0.25) is 14.4 Å². The van der Waals surface area contributed by atoms with Crippen LogP contribution in [0.15, 0.2) is 74.0 Å². The van der Waals surface area contributed by atoms with Crippen molar-refractivity contribution in [1.82, 2.24) is 9.97 Å². The molecule has 2 aromatic heterocycles. The number of carbonyl (C=O) groups excluding carboxylic acids is 3. The number of nitrogens with one attached hydrogen (secondary N) is 1. The second-order valence-electron chi connectivity index (χ2n) is 9.10. The summed E-state index contributed by atoms with van der Waals surface area (Å²) in [5.41, 5.74) is 8.80. The molecule has 42 heavy (non-hydrogen) atoms. The van der Waals surface area contributed by atoms with Gasteiger partial charge in [0.05, 0.1) is 23.4 Å². The highest BCUT2D eigenvalue weighted by molar-refractivity contribution is 6.36. The summed E-state index contributed by atoms with van der Waals surface area (Å²) in [7, 11) is 1.55. The summed E-state index contributed by atoms with van der Waals surface area (Å²) in [5.74, 6) is -0.693. The van der Waals surface area contributed by atoms with Crippen molar-refractivity contribution < 1.29 is 19.1 Å². The lowest BCUT2D eigenvalue weighted by atomic mass is 9.92. The van der Waals surface area contributed by atoms with Gasteiger partial charge in [0, 0.05) is 45.4 Å². The zero-order valence-corrected chi connectivity index (χ0v) is 24.4. The van der Waals surface area contributed by atoms with E-state index in [-0.39, 0.29) is 24.5 Å². The molecule has 0 atom stereocenters. The zero-order chi connectivity index (χ0) is 30.6. The minimum Gasteiger partial charge on any atom is -0.485 e. The van der Waals surface area contributed by atoms with Crippen molar-refractivity contribution in [2.24, 2.45) is 5.73 Å². The van der Waals surface area contributed by atoms with E-state index < -0.39 is 17.6 Å². The third kappa shape index (κ3) is 6.03. The van der Waals surface area contributed by atoms with Gasteiger partial charge in [0.1, 0.15) is 12.4 Å². The van der Waals surface area contributed by atoms with E-state index in [1.54, 1.807) is 56.4 Å². The van der Waals surface area contributed by atoms with E-state index in [1.165, 1.54) is 17.2 Å². The number of allylic oxidation sites excluding steroid dienone is 1. The number of nitrogens with two attached hydrogens (primary N) is 1. The first-order valence-corrected chi connectivity index (χ1v) is 13.4. The fourth-order valence-corrected chi connectivity index (χ4v) is 4.92. The van der Waals surface area contributed by atoms with Crippen molar-refractivity contribution >= 4 is 63.2 Å². The molecule has 0 bridgehead atoms.